The van der Waals surface area contributed by atoms with Crippen LogP contribution in [0.25, 0.3) is 23.1 Å². The number of hydrogen-bond donors (Lipinski definition) is 2. The minimum Gasteiger partial charge on any atom is -0.290 e. The molecule has 2 aromatic rings. The molecule has 0 fully saturated rings. The maximum absolute atomic E-state index is 11.5. The van der Waals surface area contributed by atoms with Crippen molar-refractivity contribution in [2.75, 3.05) is 0 Å². The van der Waals surface area contributed by atoms with Gasteiger partial charge in [-0.1, -0.05) is 11.8 Å². The van der Waals surface area contributed by atoms with Gasteiger partial charge in [0.1, 0.15) is 0 Å². The van der Waals surface area contributed by atoms with Gasteiger partial charge in [0.05, 0.1) is 16.6 Å². The van der Waals surface area contributed by atoms with Gasteiger partial charge in [0, 0.05) is 15.5 Å². The van der Waals surface area contributed by atoms with E-state index in [1.54, 1.807) is 23.9 Å². The average molecular weight is 282 g/mol. The van der Waals surface area contributed by atoms with Crippen LogP contribution in [0.1, 0.15) is 5.69 Å². The van der Waals surface area contributed by atoms with Gasteiger partial charge in [-0.2, -0.15) is 0 Å². The molecule has 3 N–H and O–H groups in total. The van der Waals surface area contributed by atoms with Crippen LogP contribution in [0.15, 0.2) is 34.2 Å². The molecule has 5 nitrogen and oxygen atoms in total. The Bertz CT molecular complexity index is 904. The summed E-state index contributed by atoms with van der Waals surface area (Å²) in [4.78, 5) is 21.7. The zero-order chi connectivity index (χ0) is 13.7. The first-order valence-corrected chi connectivity index (χ1v) is 7.01. The molecule has 6 heteroatoms. The third-order valence-corrected chi connectivity index (χ3v) is 4.37. The molecule has 1 atom stereocenters. The number of benzene rings is 1. The number of rotatable bonds is 1. The Kier molecular flexibility index (Phi) is 2.50. The van der Waals surface area contributed by atoms with Crippen LogP contribution in [0, 0.1) is 0 Å². The summed E-state index contributed by atoms with van der Waals surface area (Å²) >= 11 is 1.57. The fourth-order valence-electron chi connectivity index (χ4n) is 2.42. The highest BCUT2D eigenvalue weighted by atomic mass is 32.2. The minimum absolute atomic E-state index is 0.0148. The lowest BCUT2D eigenvalue weighted by Gasteiger charge is -2.04. The van der Waals surface area contributed by atoms with Gasteiger partial charge in [0.15, 0.2) is 11.3 Å². The number of thioether (sulfide) groups is 1. The average Bonchev–Trinajstić information content (AvgIpc) is 2.89. The first-order chi connectivity index (χ1) is 9.74. The summed E-state index contributed by atoms with van der Waals surface area (Å²) in [6, 6.07) is 5.95. The molecule has 1 aromatic carbocycles. The van der Waals surface area contributed by atoms with Crippen molar-refractivity contribution in [1.82, 2.24) is 10.4 Å². The molecule has 0 amide bonds. The predicted molar refractivity (Wildman–Crippen MR) is 78.0 cm³/mol. The summed E-state index contributed by atoms with van der Waals surface area (Å²) in [5.41, 5.74) is 4.17. The van der Waals surface area contributed by atoms with E-state index >= 15 is 0 Å². The van der Waals surface area contributed by atoms with Gasteiger partial charge in [-0.15, -0.1) is 0 Å². The molecule has 0 spiro atoms. The summed E-state index contributed by atoms with van der Waals surface area (Å²) < 4.78 is 0. The normalized spacial score (nSPS) is 19.4. The summed E-state index contributed by atoms with van der Waals surface area (Å²) in [6.07, 6.45) is 4.88. The van der Waals surface area contributed by atoms with Crippen LogP contribution in [-0.4, -0.2) is 16.3 Å². The SMILES string of the molecule is NNC1N=c2c(ccc3nc4c(cc23)=CC(=O)C=C4)S1. The van der Waals surface area contributed by atoms with Crippen molar-refractivity contribution < 1.29 is 4.79 Å². The lowest BCUT2D eigenvalue weighted by molar-refractivity contribution is -0.109. The number of nitrogens with two attached hydrogens (primary N) is 1. The predicted octanol–water partition coefficient (Wildman–Crippen LogP) is 0.0834. The number of carbonyl (C=O) groups is 1. The molecule has 1 aromatic heterocycles. The second kappa shape index (κ2) is 4.24. The fraction of sp³-hybridized carbons (Fsp3) is 0.0714. The molecule has 0 saturated carbocycles. The highest BCUT2D eigenvalue weighted by molar-refractivity contribution is 8.00. The third kappa shape index (κ3) is 1.70. The fourth-order valence-corrected chi connectivity index (χ4v) is 3.30. The zero-order valence-electron chi connectivity index (χ0n) is 10.3. The van der Waals surface area contributed by atoms with Gasteiger partial charge in [-0.25, -0.2) is 10.4 Å². The highest BCUT2D eigenvalue weighted by Crippen LogP contribution is 2.26. The van der Waals surface area contributed by atoms with Crippen molar-refractivity contribution in [3.05, 3.63) is 40.5 Å². The van der Waals surface area contributed by atoms with E-state index < -0.39 is 0 Å². The monoisotopic (exact) mass is 282 g/mol. The molecule has 0 saturated heterocycles. The Morgan fingerprint density at radius 2 is 2.20 bits per heavy atom. The van der Waals surface area contributed by atoms with Crippen molar-refractivity contribution >= 4 is 40.6 Å². The minimum atomic E-state index is -0.169. The Hall–Kier alpha value is -2.02. The molecule has 2 heterocycles. The smallest absolute Gasteiger partial charge is 0.179 e. The molecule has 1 aliphatic carbocycles. The maximum Gasteiger partial charge on any atom is 0.179 e. The van der Waals surface area contributed by atoms with Gasteiger partial charge in [-0.3, -0.25) is 15.6 Å². The van der Waals surface area contributed by atoms with Crippen molar-refractivity contribution in [2.45, 2.75) is 10.4 Å². The van der Waals surface area contributed by atoms with Crippen LogP contribution in [-0.2, 0) is 4.79 Å². The lowest BCUT2D eigenvalue weighted by Crippen LogP contribution is -2.29. The Morgan fingerprint density at radius 1 is 1.30 bits per heavy atom. The second-order valence-corrected chi connectivity index (χ2v) is 5.71. The number of ketones is 1. The maximum atomic E-state index is 11.5. The van der Waals surface area contributed by atoms with Crippen molar-refractivity contribution in [3.8, 4) is 0 Å². The van der Waals surface area contributed by atoms with Crippen LogP contribution in [0.5, 0.6) is 0 Å². The standard InChI is InChI=1S/C14H10N4OS/c15-18-14-17-13-9-6-7-5-8(19)1-2-10(7)16-11(9)3-4-12(13)20-14/h1-6,14,18H,15H2. The Balaban J connectivity index is 2.08. The Morgan fingerprint density at radius 3 is 3.05 bits per heavy atom. The largest absolute Gasteiger partial charge is 0.290 e. The third-order valence-electron chi connectivity index (χ3n) is 3.32. The molecule has 1 unspecified atom stereocenters. The number of allylic oxidation sites excluding steroid dienone is 1. The van der Waals surface area contributed by atoms with Gasteiger partial charge in [-0.05, 0) is 36.4 Å². The highest BCUT2D eigenvalue weighted by Gasteiger charge is 2.18. The van der Waals surface area contributed by atoms with E-state index in [4.69, 9.17) is 5.84 Å². The van der Waals surface area contributed by atoms with Crippen LogP contribution in [0.2, 0.25) is 0 Å². The molecular weight excluding hydrogens is 272 g/mol. The summed E-state index contributed by atoms with van der Waals surface area (Å²) in [5, 5.41) is 2.68. The molecular formula is C14H10N4OS. The molecule has 0 bridgehead atoms. The summed E-state index contributed by atoms with van der Waals surface area (Å²) in [6.45, 7) is 0. The van der Waals surface area contributed by atoms with Crippen molar-refractivity contribution in [3.63, 3.8) is 0 Å². The Labute approximate surface area is 118 Å². The number of fused-ring (bicyclic) bond motifs is 4. The number of aromatic nitrogens is 1. The van der Waals surface area contributed by atoms with E-state index in [9.17, 15) is 4.79 Å². The van der Waals surface area contributed by atoms with Crippen molar-refractivity contribution in [1.29, 1.82) is 0 Å². The number of pyridine rings is 1. The van der Waals surface area contributed by atoms with E-state index in [0.29, 0.717) is 0 Å². The van der Waals surface area contributed by atoms with E-state index in [2.05, 4.69) is 15.4 Å². The quantitative estimate of drug-likeness (QED) is 0.572. The van der Waals surface area contributed by atoms with Crippen LogP contribution in [0.3, 0.4) is 0 Å². The number of carbonyl (C=O) groups excluding carboxylic acids is 1. The first-order valence-electron chi connectivity index (χ1n) is 6.13. The van der Waals surface area contributed by atoms with Gasteiger partial charge in [0.25, 0.3) is 0 Å². The summed E-state index contributed by atoms with van der Waals surface area (Å²) in [5.74, 6) is 5.43. The number of nitrogens with one attached hydrogen (secondary N) is 1. The second-order valence-electron chi connectivity index (χ2n) is 4.59. The van der Waals surface area contributed by atoms with Crippen molar-refractivity contribution in [2.24, 2.45) is 10.8 Å². The molecule has 2 aliphatic rings. The molecule has 98 valence electrons. The molecule has 1 aliphatic heterocycles. The van der Waals surface area contributed by atoms with Crippen LogP contribution in [0.4, 0.5) is 0 Å². The first kappa shape index (κ1) is 11.8. The number of hydrazine groups is 1. The summed E-state index contributed by atoms with van der Waals surface area (Å²) in [7, 11) is 0. The van der Waals surface area contributed by atoms with Crippen LogP contribution < -0.4 is 21.8 Å². The van der Waals surface area contributed by atoms with E-state index in [1.165, 1.54) is 6.08 Å². The van der Waals surface area contributed by atoms with E-state index in [0.717, 1.165) is 32.1 Å². The number of hydrogen-bond acceptors (Lipinski definition) is 6. The van der Waals surface area contributed by atoms with Gasteiger partial charge >= 0.3 is 0 Å². The van der Waals surface area contributed by atoms with Gasteiger partial charge < -0.3 is 0 Å². The molecule has 0 radical (unpaired) electrons. The molecule has 20 heavy (non-hydrogen) atoms. The van der Waals surface area contributed by atoms with E-state index in [1.807, 2.05) is 18.2 Å². The van der Waals surface area contributed by atoms with Gasteiger partial charge in [0.2, 0.25) is 0 Å². The zero-order valence-corrected chi connectivity index (χ0v) is 11.1. The number of nitrogens with zero attached hydrogens (tertiary/aromatic N) is 2. The van der Waals surface area contributed by atoms with Crippen LogP contribution >= 0.6 is 11.8 Å². The topological polar surface area (TPSA) is 80.4 Å². The molecule has 4 rings (SSSR count). The van der Waals surface area contributed by atoms with E-state index in [-0.39, 0.29) is 11.3 Å². The lowest BCUT2D eigenvalue weighted by atomic mass is 10.1.